The highest BCUT2D eigenvalue weighted by Gasteiger charge is 2.23. The van der Waals surface area contributed by atoms with E-state index in [1.807, 2.05) is 0 Å². The Morgan fingerprint density at radius 3 is 2.30 bits per heavy atom. The van der Waals surface area contributed by atoms with Crippen molar-refractivity contribution in [3.63, 3.8) is 0 Å². The number of carboxylic acids is 3. The number of carbonyl (C=O) groups is 5. The lowest BCUT2D eigenvalue weighted by Crippen LogP contribution is -2.36. The molecular formula is C19H24BrFN2O9S. The van der Waals surface area contributed by atoms with Gasteiger partial charge in [0.2, 0.25) is 6.10 Å². The molecule has 1 aromatic carbocycles. The van der Waals surface area contributed by atoms with Crippen molar-refractivity contribution in [1.82, 2.24) is 10.6 Å². The van der Waals surface area contributed by atoms with Crippen molar-refractivity contribution in [2.24, 2.45) is 0 Å². The molecule has 33 heavy (non-hydrogen) atoms. The summed E-state index contributed by atoms with van der Waals surface area (Å²) in [5.74, 6) is -4.28. The molecule has 1 atom stereocenters. The number of amides is 2. The molecule has 5 N–H and O–H groups in total. The average Bonchev–Trinajstić information content (AvgIpc) is 2.75. The van der Waals surface area contributed by atoms with Gasteiger partial charge in [-0.1, -0.05) is 29.3 Å². The van der Waals surface area contributed by atoms with Crippen LogP contribution in [0.25, 0.3) is 0 Å². The summed E-state index contributed by atoms with van der Waals surface area (Å²) in [5, 5.41) is 29.7. The second kappa shape index (κ2) is 16.7. The third-order valence-corrected chi connectivity index (χ3v) is 4.61. The molecule has 184 valence electrons. The SMILES string of the molecule is CCCCNC(=O)c1ccc(Br)cc1SF.O=C(O)CCC(OC(=O)NCC(=O)O)C(=O)O. The Hall–Kier alpha value is -2.87. The average molecular weight is 555 g/mol. The summed E-state index contributed by atoms with van der Waals surface area (Å²) in [6.45, 7) is 1.96. The van der Waals surface area contributed by atoms with Gasteiger partial charge in [0.1, 0.15) is 6.54 Å². The van der Waals surface area contributed by atoms with Crippen LogP contribution in [0, 0.1) is 0 Å². The summed E-state index contributed by atoms with van der Waals surface area (Å²) < 4.78 is 17.7. The molecular weight excluding hydrogens is 531 g/mol. The fourth-order valence-electron chi connectivity index (χ4n) is 2.03. The van der Waals surface area contributed by atoms with Gasteiger partial charge in [-0.2, -0.15) is 3.89 Å². The highest BCUT2D eigenvalue weighted by atomic mass is 79.9. The minimum Gasteiger partial charge on any atom is -0.481 e. The lowest BCUT2D eigenvalue weighted by molar-refractivity contribution is -0.148. The molecule has 1 aromatic rings. The van der Waals surface area contributed by atoms with E-state index >= 15 is 0 Å². The van der Waals surface area contributed by atoms with E-state index < -0.39 is 49.5 Å². The molecule has 0 bridgehead atoms. The van der Waals surface area contributed by atoms with Gasteiger partial charge in [-0.3, -0.25) is 14.4 Å². The monoisotopic (exact) mass is 554 g/mol. The first-order valence-corrected chi connectivity index (χ1v) is 11.0. The second-order valence-electron chi connectivity index (χ2n) is 6.24. The Morgan fingerprint density at radius 2 is 1.79 bits per heavy atom. The Kier molecular flexibility index (Phi) is 15.3. The number of unbranched alkanes of at least 4 members (excludes halogenated alkanes) is 1. The zero-order chi connectivity index (χ0) is 25.4. The molecule has 0 saturated carbocycles. The van der Waals surface area contributed by atoms with E-state index in [0.717, 1.165) is 17.3 Å². The number of hydrogen-bond donors (Lipinski definition) is 5. The molecule has 14 heteroatoms. The number of rotatable bonds is 12. The van der Waals surface area contributed by atoms with Crippen LogP contribution in [-0.2, 0) is 19.1 Å². The third kappa shape index (κ3) is 14.0. The standard InChI is InChI=1S/C11H13BrFNOS.C8H11NO8/c1-2-3-6-14-11(15)9-5-4-8(12)7-10(9)16-13;10-5(11)2-1-4(7(14)15)17-8(16)9-3-6(12)13/h4-5,7H,2-3,6H2,1H3,(H,14,15);4H,1-3H2,(H,9,16)(H,10,11)(H,12,13)(H,14,15). The Morgan fingerprint density at radius 1 is 1.12 bits per heavy atom. The smallest absolute Gasteiger partial charge is 0.408 e. The zero-order valence-electron chi connectivity index (χ0n) is 17.5. The van der Waals surface area contributed by atoms with Crippen molar-refractivity contribution in [3.8, 4) is 0 Å². The maximum atomic E-state index is 12.6. The van der Waals surface area contributed by atoms with Gasteiger partial charge >= 0.3 is 24.0 Å². The van der Waals surface area contributed by atoms with Crippen LogP contribution in [-0.4, -0.2) is 64.4 Å². The highest BCUT2D eigenvalue weighted by Crippen LogP contribution is 2.27. The number of carboxylic acid groups (broad SMARTS) is 3. The lowest BCUT2D eigenvalue weighted by Gasteiger charge is -2.12. The first kappa shape index (κ1) is 30.1. The zero-order valence-corrected chi connectivity index (χ0v) is 19.9. The van der Waals surface area contributed by atoms with Crippen LogP contribution in [0.3, 0.4) is 0 Å². The molecule has 1 rings (SSSR count). The fourth-order valence-corrected chi connectivity index (χ4v) is 2.96. The number of hydrogen-bond acceptors (Lipinski definition) is 7. The van der Waals surface area contributed by atoms with E-state index in [9.17, 15) is 27.9 Å². The first-order chi connectivity index (χ1) is 15.5. The van der Waals surface area contributed by atoms with Crippen LogP contribution in [0.4, 0.5) is 8.68 Å². The van der Waals surface area contributed by atoms with E-state index in [0.29, 0.717) is 17.0 Å². The van der Waals surface area contributed by atoms with Crippen molar-refractivity contribution < 1.29 is 47.9 Å². The van der Waals surface area contributed by atoms with E-state index in [-0.39, 0.29) is 18.1 Å². The van der Waals surface area contributed by atoms with Crippen LogP contribution in [0.2, 0.25) is 0 Å². The molecule has 1 unspecified atom stereocenters. The van der Waals surface area contributed by atoms with Crippen LogP contribution >= 0.6 is 28.1 Å². The number of aliphatic carboxylic acids is 3. The van der Waals surface area contributed by atoms with Crippen molar-refractivity contribution >= 4 is 58.0 Å². The molecule has 0 fully saturated rings. The fraction of sp³-hybridized carbons (Fsp3) is 0.421. The summed E-state index contributed by atoms with van der Waals surface area (Å²) in [4.78, 5) is 53.8. The minimum atomic E-state index is -1.63. The van der Waals surface area contributed by atoms with Crippen LogP contribution in [0.15, 0.2) is 27.6 Å². The predicted octanol–water partition coefficient (Wildman–Crippen LogP) is 3.07. The van der Waals surface area contributed by atoms with Gasteiger partial charge in [0.05, 0.1) is 22.6 Å². The number of ether oxygens (including phenoxy) is 1. The van der Waals surface area contributed by atoms with Gasteiger partial charge in [-0.15, -0.1) is 0 Å². The third-order valence-electron chi connectivity index (χ3n) is 3.62. The van der Waals surface area contributed by atoms with Crippen LogP contribution < -0.4 is 10.6 Å². The largest absolute Gasteiger partial charge is 0.481 e. The van der Waals surface area contributed by atoms with E-state index in [2.05, 4.69) is 32.9 Å². The Bertz CT molecular complexity index is 841. The summed E-state index contributed by atoms with van der Waals surface area (Å²) in [6, 6.07) is 4.95. The molecule has 0 heterocycles. The minimum absolute atomic E-state index is 0.0863. The quantitative estimate of drug-likeness (QED) is 0.241. The summed E-state index contributed by atoms with van der Waals surface area (Å²) in [7, 11) is 0. The molecule has 0 radical (unpaired) electrons. The molecule has 11 nitrogen and oxygen atoms in total. The highest BCUT2D eigenvalue weighted by molar-refractivity contribution is 9.10. The second-order valence-corrected chi connectivity index (χ2v) is 7.75. The summed E-state index contributed by atoms with van der Waals surface area (Å²) in [6.07, 6.45) is -1.79. The predicted molar refractivity (Wildman–Crippen MR) is 119 cm³/mol. The number of nitrogens with one attached hydrogen (secondary N) is 2. The van der Waals surface area contributed by atoms with Crippen LogP contribution in [0.1, 0.15) is 43.0 Å². The van der Waals surface area contributed by atoms with Gasteiger partial charge in [0.15, 0.2) is 0 Å². The van der Waals surface area contributed by atoms with E-state index in [1.165, 1.54) is 0 Å². The Labute approximate surface area is 201 Å². The number of alkyl carbamates (subject to hydrolysis) is 1. The molecule has 0 saturated heterocycles. The summed E-state index contributed by atoms with van der Waals surface area (Å²) >= 11 is 3.32. The van der Waals surface area contributed by atoms with Gasteiger partial charge in [-0.05, 0) is 24.6 Å². The molecule has 0 spiro atoms. The van der Waals surface area contributed by atoms with Crippen molar-refractivity contribution in [2.45, 2.75) is 43.6 Å². The number of carbonyl (C=O) groups excluding carboxylic acids is 2. The first-order valence-electron chi connectivity index (χ1n) is 9.48. The number of halogens is 2. The van der Waals surface area contributed by atoms with Crippen molar-refractivity contribution in [1.29, 1.82) is 0 Å². The summed E-state index contributed by atoms with van der Waals surface area (Å²) in [5.41, 5.74) is 0.381. The van der Waals surface area contributed by atoms with E-state index in [4.69, 9.17) is 15.3 Å². The van der Waals surface area contributed by atoms with Crippen LogP contribution in [0.5, 0.6) is 0 Å². The van der Waals surface area contributed by atoms with Gasteiger partial charge in [-0.25, -0.2) is 9.59 Å². The molecule has 0 aromatic heterocycles. The lowest BCUT2D eigenvalue weighted by atomic mass is 10.2. The van der Waals surface area contributed by atoms with E-state index in [1.54, 1.807) is 23.5 Å². The molecule has 0 aliphatic rings. The topological polar surface area (TPSA) is 179 Å². The maximum absolute atomic E-state index is 12.6. The number of benzene rings is 1. The van der Waals surface area contributed by atoms with Gasteiger partial charge < -0.3 is 30.7 Å². The normalized spacial score (nSPS) is 10.8. The van der Waals surface area contributed by atoms with Crippen molar-refractivity contribution in [2.75, 3.05) is 13.1 Å². The molecule has 0 aliphatic carbocycles. The van der Waals surface area contributed by atoms with Crippen molar-refractivity contribution in [3.05, 3.63) is 28.2 Å². The molecule has 0 aliphatic heterocycles. The van der Waals surface area contributed by atoms with Gasteiger partial charge in [0, 0.05) is 23.9 Å². The maximum Gasteiger partial charge on any atom is 0.408 e. The molecule has 2 amide bonds. The van der Waals surface area contributed by atoms with Gasteiger partial charge in [0.25, 0.3) is 5.91 Å². The Balaban J connectivity index is 0.000000621.